The Morgan fingerprint density at radius 1 is 1.00 bits per heavy atom. The van der Waals surface area contributed by atoms with Crippen LogP contribution >= 0.6 is 0 Å². The maximum atomic E-state index is 5.74. The van der Waals surface area contributed by atoms with Gasteiger partial charge in [0.25, 0.3) is 0 Å². The number of aromatic nitrogens is 2. The zero-order valence-electron chi connectivity index (χ0n) is 13.3. The van der Waals surface area contributed by atoms with E-state index in [0.29, 0.717) is 12.4 Å². The lowest BCUT2D eigenvalue weighted by Crippen LogP contribution is -2.02. The van der Waals surface area contributed by atoms with E-state index in [1.165, 1.54) is 0 Å². The Balaban J connectivity index is 1.61. The molecule has 0 unspecified atom stereocenters. The topological polar surface area (TPSA) is 47.0 Å². The highest BCUT2D eigenvalue weighted by Crippen LogP contribution is 2.21. The van der Waals surface area contributed by atoms with Gasteiger partial charge < -0.3 is 10.1 Å². The minimum absolute atomic E-state index is 0.579. The standard InChI is InChI=1S/C19H19N3O/c1-14-5-3-8-18(11-14)23-19-10-9-16(12-21-19)20-13-17-7-4-6-15(2)22-17/h3-12,20H,13H2,1-2H3. The fourth-order valence-electron chi connectivity index (χ4n) is 2.24. The van der Waals surface area contributed by atoms with Crippen molar-refractivity contribution in [3.63, 3.8) is 0 Å². The molecule has 0 aliphatic heterocycles. The van der Waals surface area contributed by atoms with Gasteiger partial charge in [0.15, 0.2) is 0 Å². The van der Waals surface area contributed by atoms with Crippen LogP contribution in [0.15, 0.2) is 60.8 Å². The van der Waals surface area contributed by atoms with Gasteiger partial charge in [-0.1, -0.05) is 18.2 Å². The molecule has 2 heterocycles. The molecular weight excluding hydrogens is 286 g/mol. The first-order chi connectivity index (χ1) is 11.2. The van der Waals surface area contributed by atoms with Crippen molar-refractivity contribution in [1.82, 2.24) is 9.97 Å². The van der Waals surface area contributed by atoms with Gasteiger partial charge in [-0.3, -0.25) is 4.98 Å². The van der Waals surface area contributed by atoms with E-state index in [4.69, 9.17) is 4.74 Å². The number of hydrogen-bond donors (Lipinski definition) is 1. The highest BCUT2D eigenvalue weighted by molar-refractivity contribution is 5.43. The molecule has 1 aromatic carbocycles. The monoisotopic (exact) mass is 305 g/mol. The van der Waals surface area contributed by atoms with Crippen LogP contribution in [0.2, 0.25) is 0 Å². The van der Waals surface area contributed by atoms with Crippen molar-refractivity contribution in [3.8, 4) is 11.6 Å². The molecule has 3 aromatic rings. The predicted octanol–water partition coefficient (Wildman–Crippen LogP) is 4.50. The molecule has 4 heteroatoms. The molecule has 0 fully saturated rings. The third-order valence-corrected chi connectivity index (χ3v) is 3.37. The number of ether oxygens (including phenoxy) is 1. The van der Waals surface area contributed by atoms with E-state index in [1.807, 2.05) is 68.4 Å². The van der Waals surface area contributed by atoms with E-state index in [2.05, 4.69) is 15.3 Å². The predicted molar refractivity (Wildman–Crippen MR) is 91.8 cm³/mol. The lowest BCUT2D eigenvalue weighted by Gasteiger charge is -2.08. The van der Waals surface area contributed by atoms with Crippen molar-refractivity contribution in [2.45, 2.75) is 20.4 Å². The second-order valence-corrected chi connectivity index (χ2v) is 5.43. The molecule has 0 aliphatic rings. The van der Waals surface area contributed by atoms with Gasteiger partial charge in [0.1, 0.15) is 5.75 Å². The second-order valence-electron chi connectivity index (χ2n) is 5.43. The number of rotatable bonds is 5. The van der Waals surface area contributed by atoms with Crippen molar-refractivity contribution >= 4 is 5.69 Å². The number of hydrogen-bond acceptors (Lipinski definition) is 4. The van der Waals surface area contributed by atoms with Crippen molar-refractivity contribution in [1.29, 1.82) is 0 Å². The Kier molecular flexibility index (Phi) is 4.52. The summed E-state index contributed by atoms with van der Waals surface area (Å²) >= 11 is 0. The Morgan fingerprint density at radius 3 is 2.61 bits per heavy atom. The van der Waals surface area contributed by atoms with Crippen LogP contribution < -0.4 is 10.1 Å². The van der Waals surface area contributed by atoms with Gasteiger partial charge in [-0.15, -0.1) is 0 Å². The Labute approximate surface area is 136 Å². The molecule has 0 bridgehead atoms. The van der Waals surface area contributed by atoms with E-state index < -0.39 is 0 Å². The van der Waals surface area contributed by atoms with Gasteiger partial charge in [-0.2, -0.15) is 0 Å². The number of benzene rings is 1. The van der Waals surface area contributed by atoms with Gasteiger partial charge in [0.2, 0.25) is 5.88 Å². The quantitative estimate of drug-likeness (QED) is 0.754. The lowest BCUT2D eigenvalue weighted by molar-refractivity contribution is 0.463. The van der Waals surface area contributed by atoms with Gasteiger partial charge in [0.05, 0.1) is 24.1 Å². The van der Waals surface area contributed by atoms with Crippen LogP contribution in [0.1, 0.15) is 17.0 Å². The first-order valence-corrected chi connectivity index (χ1v) is 7.56. The maximum absolute atomic E-state index is 5.74. The molecule has 23 heavy (non-hydrogen) atoms. The van der Waals surface area contributed by atoms with Crippen LogP contribution in [0.3, 0.4) is 0 Å². The number of pyridine rings is 2. The van der Waals surface area contributed by atoms with Crippen LogP contribution in [0.25, 0.3) is 0 Å². The minimum atomic E-state index is 0.579. The summed E-state index contributed by atoms with van der Waals surface area (Å²) in [4.78, 5) is 8.79. The van der Waals surface area contributed by atoms with Crippen LogP contribution in [-0.4, -0.2) is 9.97 Å². The largest absolute Gasteiger partial charge is 0.439 e. The van der Waals surface area contributed by atoms with Gasteiger partial charge in [-0.05, 0) is 49.7 Å². The Morgan fingerprint density at radius 2 is 1.87 bits per heavy atom. The smallest absolute Gasteiger partial charge is 0.219 e. The first-order valence-electron chi connectivity index (χ1n) is 7.56. The third-order valence-electron chi connectivity index (χ3n) is 3.37. The summed E-state index contributed by atoms with van der Waals surface area (Å²) in [6.07, 6.45) is 1.76. The van der Waals surface area contributed by atoms with E-state index in [0.717, 1.165) is 28.4 Å². The van der Waals surface area contributed by atoms with E-state index in [1.54, 1.807) is 6.20 Å². The van der Waals surface area contributed by atoms with Gasteiger partial charge in [0, 0.05) is 11.8 Å². The summed E-state index contributed by atoms with van der Waals surface area (Å²) in [5, 5.41) is 3.31. The molecule has 0 aliphatic carbocycles. The molecular formula is C19H19N3O. The first kappa shape index (κ1) is 15.0. The van der Waals surface area contributed by atoms with Crippen LogP contribution in [0, 0.1) is 13.8 Å². The van der Waals surface area contributed by atoms with E-state index in [9.17, 15) is 0 Å². The summed E-state index contributed by atoms with van der Waals surface area (Å²) < 4.78 is 5.74. The fourth-order valence-corrected chi connectivity index (χ4v) is 2.24. The van der Waals surface area contributed by atoms with Crippen LogP contribution in [0.4, 0.5) is 5.69 Å². The summed E-state index contributed by atoms with van der Waals surface area (Å²) in [6, 6.07) is 17.7. The van der Waals surface area contributed by atoms with Gasteiger partial charge >= 0.3 is 0 Å². The highest BCUT2D eigenvalue weighted by atomic mass is 16.5. The number of anilines is 1. The molecule has 0 spiro atoms. The van der Waals surface area contributed by atoms with E-state index in [-0.39, 0.29) is 0 Å². The zero-order valence-corrected chi connectivity index (χ0v) is 13.3. The second kappa shape index (κ2) is 6.92. The summed E-state index contributed by atoms with van der Waals surface area (Å²) in [5.41, 5.74) is 4.12. The molecule has 2 aromatic heterocycles. The zero-order chi connectivity index (χ0) is 16.1. The van der Waals surface area contributed by atoms with Crippen molar-refractivity contribution in [3.05, 3.63) is 77.7 Å². The highest BCUT2D eigenvalue weighted by Gasteiger charge is 2.01. The van der Waals surface area contributed by atoms with Gasteiger partial charge in [-0.25, -0.2) is 4.98 Å². The SMILES string of the molecule is Cc1cccc(Oc2ccc(NCc3cccc(C)n3)cn2)c1. The lowest BCUT2D eigenvalue weighted by atomic mass is 10.2. The molecule has 0 amide bonds. The Bertz CT molecular complexity index is 785. The number of nitrogens with one attached hydrogen (secondary N) is 1. The molecule has 1 N–H and O–H groups in total. The average molecular weight is 305 g/mol. The molecule has 4 nitrogen and oxygen atoms in total. The Hall–Kier alpha value is -2.88. The normalized spacial score (nSPS) is 10.3. The minimum Gasteiger partial charge on any atom is -0.439 e. The molecule has 0 saturated heterocycles. The number of aryl methyl sites for hydroxylation is 2. The molecule has 116 valence electrons. The van der Waals surface area contributed by atoms with Crippen LogP contribution in [0.5, 0.6) is 11.6 Å². The molecule has 0 radical (unpaired) electrons. The molecule has 0 saturated carbocycles. The number of nitrogens with zero attached hydrogens (tertiary/aromatic N) is 2. The third kappa shape index (κ3) is 4.30. The summed E-state index contributed by atoms with van der Waals surface area (Å²) in [5.74, 6) is 1.37. The summed E-state index contributed by atoms with van der Waals surface area (Å²) in [7, 11) is 0. The van der Waals surface area contributed by atoms with Crippen molar-refractivity contribution in [2.75, 3.05) is 5.32 Å². The maximum Gasteiger partial charge on any atom is 0.219 e. The van der Waals surface area contributed by atoms with Crippen molar-refractivity contribution in [2.24, 2.45) is 0 Å². The van der Waals surface area contributed by atoms with E-state index >= 15 is 0 Å². The average Bonchev–Trinajstić information content (AvgIpc) is 2.54. The molecule has 0 atom stereocenters. The molecule has 3 rings (SSSR count). The summed E-state index contributed by atoms with van der Waals surface area (Å²) in [6.45, 7) is 4.69. The fraction of sp³-hybridized carbons (Fsp3) is 0.158. The van der Waals surface area contributed by atoms with Crippen molar-refractivity contribution < 1.29 is 4.74 Å². The van der Waals surface area contributed by atoms with Crippen LogP contribution in [-0.2, 0) is 6.54 Å².